The Kier molecular flexibility index (Phi) is 5.03. The molecule has 0 bridgehead atoms. The minimum atomic E-state index is -0.911. The lowest BCUT2D eigenvalue weighted by atomic mass is 9.98. The van der Waals surface area contributed by atoms with Crippen LogP contribution in [0.1, 0.15) is 26.3 Å². The maximum absolute atomic E-state index is 10.5. The zero-order chi connectivity index (χ0) is 22.5. The summed E-state index contributed by atoms with van der Waals surface area (Å²) in [7, 11) is 1.72. The van der Waals surface area contributed by atoms with Gasteiger partial charge in [0.05, 0.1) is 23.2 Å². The van der Waals surface area contributed by atoms with E-state index in [2.05, 4.69) is 64.6 Å². The highest BCUT2D eigenvalue weighted by atomic mass is 16.5. The Bertz CT molecular complexity index is 1440. The third-order valence-corrected chi connectivity index (χ3v) is 6.32. The molecule has 0 amide bonds. The molecule has 0 radical (unpaired) electrons. The molecule has 0 fully saturated rings. The van der Waals surface area contributed by atoms with Gasteiger partial charge in [0.1, 0.15) is 5.82 Å². The van der Waals surface area contributed by atoms with Crippen molar-refractivity contribution in [2.75, 3.05) is 13.7 Å². The number of aliphatic hydroxyl groups is 1. The normalized spacial score (nSPS) is 12.4. The van der Waals surface area contributed by atoms with Gasteiger partial charge in [-0.1, -0.05) is 24.3 Å². The average Bonchev–Trinajstić information content (AvgIpc) is 3.31. The Labute approximate surface area is 187 Å². The molecule has 2 heterocycles. The fraction of sp³-hybridized carbons (Fsp3) is 0.296. The van der Waals surface area contributed by atoms with Gasteiger partial charge in [-0.3, -0.25) is 0 Å². The topological polar surface area (TPSA) is 52.2 Å². The Morgan fingerprint density at radius 3 is 2.41 bits per heavy atom. The van der Waals surface area contributed by atoms with Crippen LogP contribution >= 0.6 is 0 Å². The van der Waals surface area contributed by atoms with Crippen molar-refractivity contribution in [2.45, 2.75) is 39.5 Å². The summed E-state index contributed by atoms with van der Waals surface area (Å²) < 4.78 is 9.96. The van der Waals surface area contributed by atoms with Crippen LogP contribution in [0.2, 0.25) is 0 Å². The number of para-hydroxylation sites is 1. The molecule has 0 unspecified atom stereocenters. The fourth-order valence-corrected chi connectivity index (χ4v) is 4.67. The van der Waals surface area contributed by atoms with Gasteiger partial charge in [0, 0.05) is 47.6 Å². The van der Waals surface area contributed by atoms with Gasteiger partial charge in [-0.15, -0.1) is 0 Å². The van der Waals surface area contributed by atoms with Crippen LogP contribution in [0.4, 0.5) is 0 Å². The SMILES string of the molecule is CCn1c2ccccc2c2cc(-c3nc4cc(C(C)(C)O)ccc4n3CCOC)ccc21. The number of imidazole rings is 1. The second kappa shape index (κ2) is 7.76. The summed E-state index contributed by atoms with van der Waals surface area (Å²) in [6.45, 7) is 8.02. The molecule has 0 atom stereocenters. The van der Waals surface area contributed by atoms with Crippen molar-refractivity contribution in [3.8, 4) is 11.4 Å². The molecule has 5 nitrogen and oxygen atoms in total. The summed E-state index contributed by atoms with van der Waals surface area (Å²) in [5.41, 5.74) is 5.44. The molecule has 3 aromatic carbocycles. The lowest BCUT2D eigenvalue weighted by Crippen LogP contribution is -2.15. The first-order valence-corrected chi connectivity index (χ1v) is 11.2. The van der Waals surface area contributed by atoms with Crippen molar-refractivity contribution < 1.29 is 9.84 Å². The smallest absolute Gasteiger partial charge is 0.141 e. The fourth-order valence-electron chi connectivity index (χ4n) is 4.67. The van der Waals surface area contributed by atoms with E-state index in [4.69, 9.17) is 9.72 Å². The highest BCUT2D eigenvalue weighted by Crippen LogP contribution is 2.34. The van der Waals surface area contributed by atoms with Gasteiger partial charge in [0.15, 0.2) is 0 Å². The van der Waals surface area contributed by atoms with Crippen LogP contribution in [0.15, 0.2) is 60.7 Å². The van der Waals surface area contributed by atoms with E-state index in [1.807, 2.05) is 12.1 Å². The molecule has 0 aliphatic carbocycles. The van der Waals surface area contributed by atoms with Gasteiger partial charge in [-0.2, -0.15) is 0 Å². The zero-order valence-electron chi connectivity index (χ0n) is 19.1. The van der Waals surface area contributed by atoms with Gasteiger partial charge in [0.2, 0.25) is 0 Å². The van der Waals surface area contributed by atoms with Gasteiger partial charge in [-0.05, 0) is 62.7 Å². The van der Waals surface area contributed by atoms with E-state index in [0.717, 1.165) is 34.5 Å². The Morgan fingerprint density at radius 1 is 0.906 bits per heavy atom. The zero-order valence-corrected chi connectivity index (χ0v) is 19.1. The Morgan fingerprint density at radius 2 is 1.66 bits per heavy atom. The molecule has 32 heavy (non-hydrogen) atoms. The van der Waals surface area contributed by atoms with E-state index in [0.29, 0.717) is 13.2 Å². The first kappa shape index (κ1) is 20.7. The number of aromatic nitrogens is 3. The molecule has 164 valence electrons. The largest absolute Gasteiger partial charge is 0.386 e. The lowest BCUT2D eigenvalue weighted by Gasteiger charge is -2.17. The van der Waals surface area contributed by atoms with Gasteiger partial charge in [0.25, 0.3) is 0 Å². The number of nitrogens with zero attached hydrogens (tertiary/aromatic N) is 3. The number of benzene rings is 3. The number of hydrogen-bond acceptors (Lipinski definition) is 3. The first-order valence-electron chi connectivity index (χ1n) is 11.2. The third-order valence-electron chi connectivity index (χ3n) is 6.32. The summed E-state index contributed by atoms with van der Waals surface area (Å²) in [4.78, 5) is 5.01. The van der Waals surface area contributed by atoms with Crippen molar-refractivity contribution in [1.82, 2.24) is 14.1 Å². The first-order chi connectivity index (χ1) is 15.4. The number of rotatable bonds is 6. The number of fused-ring (bicyclic) bond motifs is 4. The lowest BCUT2D eigenvalue weighted by molar-refractivity contribution is 0.0787. The van der Waals surface area contributed by atoms with Crippen LogP contribution in [0.25, 0.3) is 44.2 Å². The second-order valence-electron chi connectivity index (χ2n) is 8.84. The van der Waals surface area contributed by atoms with Gasteiger partial charge < -0.3 is 19.0 Å². The number of hydrogen-bond donors (Lipinski definition) is 1. The van der Waals surface area contributed by atoms with Gasteiger partial charge >= 0.3 is 0 Å². The van der Waals surface area contributed by atoms with Crippen molar-refractivity contribution in [3.63, 3.8) is 0 Å². The molecule has 0 aliphatic rings. The quantitative estimate of drug-likeness (QED) is 0.378. The minimum Gasteiger partial charge on any atom is -0.386 e. The monoisotopic (exact) mass is 427 g/mol. The summed E-state index contributed by atoms with van der Waals surface area (Å²) in [6, 6.07) is 21.2. The second-order valence-corrected chi connectivity index (χ2v) is 8.84. The van der Waals surface area contributed by atoms with Crippen LogP contribution in [-0.2, 0) is 23.4 Å². The van der Waals surface area contributed by atoms with E-state index in [1.165, 1.54) is 21.8 Å². The minimum absolute atomic E-state index is 0.600. The molecule has 5 aromatic rings. The van der Waals surface area contributed by atoms with Crippen molar-refractivity contribution >= 4 is 32.8 Å². The van der Waals surface area contributed by atoms with Crippen LogP contribution in [0.5, 0.6) is 0 Å². The maximum atomic E-state index is 10.5. The van der Waals surface area contributed by atoms with Crippen LogP contribution in [0, 0.1) is 0 Å². The maximum Gasteiger partial charge on any atom is 0.141 e. The molecule has 0 saturated carbocycles. The van der Waals surface area contributed by atoms with E-state index < -0.39 is 5.60 Å². The predicted molar refractivity (Wildman–Crippen MR) is 131 cm³/mol. The van der Waals surface area contributed by atoms with E-state index in [9.17, 15) is 5.11 Å². The Balaban J connectivity index is 1.74. The molecular weight excluding hydrogens is 398 g/mol. The van der Waals surface area contributed by atoms with Crippen molar-refractivity contribution in [1.29, 1.82) is 0 Å². The van der Waals surface area contributed by atoms with E-state index >= 15 is 0 Å². The van der Waals surface area contributed by atoms with Gasteiger partial charge in [-0.25, -0.2) is 4.98 Å². The highest BCUT2D eigenvalue weighted by molar-refractivity contribution is 6.09. The molecular formula is C27H29N3O2. The number of methoxy groups -OCH3 is 1. The standard InChI is InChI=1S/C27H29N3O2/c1-5-29-23-9-7-6-8-20(23)21-16-18(10-12-24(21)29)26-28-22-17-19(27(2,3)31)11-13-25(22)30(26)14-15-32-4/h6-13,16-17,31H,5,14-15H2,1-4H3. The summed E-state index contributed by atoms with van der Waals surface area (Å²) in [6.07, 6.45) is 0. The summed E-state index contributed by atoms with van der Waals surface area (Å²) in [5.74, 6) is 0.917. The molecule has 0 saturated heterocycles. The molecule has 5 rings (SSSR count). The Hall–Kier alpha value is -3.15. The average molecular weight is 428 g/mol. The molecule has 2 aromatic heterocycles. The molecule has 5 heteroatoms. The molecule has 0 aliphatic heterocycles. The van der Waals surface area contributed by atoms with Crippen LogP contribution in [0.3, 0.4) is 0 Å². The number of ether oxygens (including phenoxy) is 1. The van der Waals surface area contributed by atoms with Crippen molar-refractivity contribution in [2.24, 2.45) is 0 Å². The van der Waals surface area contributed by atoms with Crippen molar-refractivity contribution in [3.05, 3.63) is 66.2 Å². The predicted octanol–water partition coefficient (Wildman–Crippen LogP) is 5.70. The highest BCUT2D eigenvalue weighted by Gasteiger charge is 2.20. The summed E-state index contributed by atoms with van der Waals surface area (Å²) in [5, 5.41) is 13.0. The third kappa shape index (κ3) is 3.29. The van der Waals surface area contributed by atoms with E-state index in [1.54, 1.807) is 21.0 Å². The molecule has 0 spiro atoms. The number of aryl methyl sites for hydroxylation is 1. The summed E-state index contributed by atoms with van der Waals surface area (Å²) >= 11 is 0. The van der Waals surface area contributed by atoms with Crippen LogP contribution in [-0.4, -0.2) is 32.9 Å². The van der Waals surface area contributed by atoms with E-state index in [-0.39, 0.29) is 0 Å². The van der Waals surface area contributed by atoms with Crippen LogP contribution < -0.4 is 0 Å². The molecule has 1 N–H and O–H groups in total.